The summed E-state index contributed by atoms with van der Waals surface area (Å²) < 4.78 is 0. The van der Waals surface area contributed by atoms with Crippen LogP contribution in [0.3, 0.4) is 0 Å². The first-order chi connectivity index (χ1) is 12.9. The molecule has 0 saturated heterocycles. The van der Waals surface area contributed by atoms with Gasteiger partial charge in [-0.2, -0.15) is 0 Å². The fourth-order valence-corrected chi connectivity index (χ4v) is 4.40. The highest BCUT2D eigenvalue weighted by Crippen LogP contribution is 2.50. The Morgan fingerprint density at radius 1 is 0.963 bits per heavy atom. The van der Waals surface area contributed by atoms with Crippen LogP contribution in [0.25, 0.3) is 11.1 Å². The maximum Gasteiger partial charge on any atom is 0.352 e. The van der Waals surface area contributed by atoms with Gasteiger partial charge < -0.3 is 20.2 Å². The Balaban J connectivity index is 2.04. The lowest BCUT2D eigenvalue weighted by molar-refractivity contribution is 0.0679. The van der Waals surface area contributed by atoms with E-state index in [1.807, 2.05) is 38.1 Å². The maximum atomic E-state index is 11.6. The molecule has 0 spiro atoms. The van der Waals surface area contributed by atoms with E-state index in [9.17, 15) is 19.8 Å². The third-order valence-electron chi connectivity index (χ3n) is 5.59. The van der Waals surface area contributed by atoms with Crippen LogP contribution in [-0.4, -0.2) is 32.1 Å². The molecule has 1 unspecified atom stereocenters. The summed E-state index contributed by atoms with van der Waals surface area (Å²) in [7, 11) is 0. The van der Waals surface area contributed by atoms with Gasteiger partial charge >= 0.3 is 11.9 Å². The molecule has 0 fully saturated rings. The number of aromatic amines is 2. The van der Waals surface area contributed by atoms with Crippen molar-refractivity contribution in [1.29, 1.82) is 0 Å². The van der Waals surface area contributed by atoms with Gasteiger partial charge in [-0.15, -0.1) is 0 Å². The van der Waals surface area contributed by atoms with Gasteiger partial charge in [0, 0.05) is 17.0 Å². The van der Waals surface area contributed by atoms with Crippen molar-refractivity contribution < 1.29 is 19.8 Å². The Kier molecular flexibility index (Phi) is 3.73. The molecule has 0 bridgehead atoms. The summed E-state index contributed by atoms with van der Waals surface area (Å²) in [5.41, 5.74) is 7.32. The van der Waals surface area contributed by atoms with Crippen molar-refractivity contribution in [1.82, 2.24) is 9.97 Å². The lowest BCUT2D eigenvalue weighted by Gasteiger charge is -2.14. The van der Waals surface area contributed by atoms with E-state index in [0.29, 0.717) is 12.0 Å². The molecule has 1 aliphatic carbocycles. The van der Waals surface area contributed by atoms with Gasteiger partial charge in [0.2, 0.25) is 0 Å². The largest absolute Gasteiger partial charge is 0.477 e. The SMILES string of the molecule is CCc1c(C2c3ccccc3-c3c2[nH]c(C(=O)O)c3C)[nH]c(C(=O)O)c1C. The van der Waals surface area contributed by atoms with E-state index >= 15 is 0 Å². The molecule has 1 atom stereocenters. The first-order valence-electron chi connectivity index (χ1n) is 8.86. The van der Waals surface area contributed by atoms with Crippen molar-refractivity contribution in [2.75, 3.05) is 0 Å². The molecule has 2 aromatic heterocycles. The number of aromatic carboxylic acids is 2. The second kappa shape index (κ2) is 5.87. The van der Waals surface area contributed by atoms with Gasteiger partial charge in [-0.25, -0.2) is 9.59 Å². The minimum atomic E-state index is -0.997. The second-order valence-corrected chi connectivity index (χ2v) is 6.92. The smallest absolute Gasteiger partial charge is 0.352 e. The van der Waals surface area contributed by atoms with E-state index in [1.54, 1.807) is 6.92 Å². The molecular weight excluding hydrogens is 344 g/mol. The normalized spacial score (nSPS) is 14.9. The molecule has 6 nitrogen and oxygen atoms in total. The van der Waals surface area contributed by atoms with Gasteiger partial charge in [0.05, 0.1) is 5.92 Å². The summed E-state index contributed by atoms with van der Waals surface area (Å²) in [4.78, 5) is 29.5. The molecule has 4 N–H and O–H groups in total. The summed E-state index contributed by atoms with van der Waals surface area (Å²) >= 11 is 0. The molecular formula is C21H20N2O4. The lowest BCUT2D eigenvalue weighted by atomic mass is 9.92. The van der Waals surface area contributed by atoms with Crippen molar-refractivity contribution >= 4 is 11.9 Å². The van der Waals surface area contributed by atoms with Crippen molar-refractivity contribution in [3.63, 3.8) is 0 Å². The molecule has 138 valence electrons. The first-order valence-corrected chi connectivity index (χ1v) is 8.86. The molecule has 6 heteroatoms. The van der Waals surface area contributed by atoms with Gasteiger partial charge in [0.15, 0.2) is 0 Å². The van der Waals surface area contributed by atoms with Crippen LogP contribution in [0.15, 0.2) is 24.3 Å². The third-order valence-corrected chi connectivity index (χ3v) is 5.59. The van der Waals surface area contributed by atoms with Crippen LogP contribution in [0.5, 0.6) is 0 Å². The summed E-state index contributed by atoms with van der Waals surface area (Å²) in [6, 6.07) is 7.88. The molecule has 3 aromatic rings. The van der Waals surface area contributed by atoms with Crippen molar-refractivity contribution in [2.24, 2.45) is 0 Å². The van der Waals surface area contributed by atoms with Gasteiger partial charge in [-0.1, -0.05) is 31.2 Å². The van der Waals surface area contributed by atoms with Crippen LogP contribution in [0, 0.1) is 13.8 Å². The average Bonchev–Trinajstić information content (AvgIpc) is 3.24. The number of hydrogen-bond donors (Lipinski definition) is 4. The van der Waals surface area contributed by atoms with Crippen LogP contribution < -0.4 is 0 Å². The molecule has 2 heterocycles. The number of hydrogen-bond acceptors (Lipinski definition) is 2. The van der Waals surface area contributed by atoms with Gasteiger partial charge in [0.25, 0.3) is 0 Å². The van der Waals surface area contributed by atoms with Crippen LogP contribution in [-0.2, 0) is 6.42 Å². The minimum absolute atomic E-state index is 0.180. The van der Waals surface area contributed by atoms with E-state index in [2.05, 4.69) is 9.97 Å². The summed E-state index contributed by atoms with van der Waals surface area (Å²) in [5, 5.41) is 19.1. The Morgan fingerprint density at radius 3 is 2.19 bits per heavy atom. The lowest BCUT2D eigenvalue weighted by Crippen LogP contribution is -2.06. The molecule has 0 radical (unpaired) electrons. The van der Waals surface area contributed by atoms with Gasteiger partial charge in [-0.05, 0) is 48.1 Å². The monoisotopic (exact) mass is 364 g/mol. The number of benzene rings is 1. The molecule has 27 heavy (non-hydrogen) atoms. The Labute approximate surface area is 155 Å². The predicted octanol–water partition coefficient (Wildman–Crippen LogP) is 4.08. The van der Waals surface area contributed by atoms with Crippen LogP contribution in [0.2, 0.25) is 0 Å². The predicted molar refractivity (Wildman–Crippen MR) is 101 cm³/mol. The fourth-order valence-electron chi connectivity index (χ4n) is 4.40. The van der Waals surface area contributed by atoms with Crippen LogP contribution >= 0.6 is 0 Å². The number of carbonyl (C=O) groups is 2. The average molecular weight is 364 g/mol. The van der Waals surface area contributed by atoms with E-state index in [1.165, 1.54) is 0 Å². The Hall–Kier alpha value is -3.28. The number of carboxylic acid groups (broad SMARTS) is 2. The quantitative estimate of drug-likeness (QED) is 0.438. The van der Waals surface area contributed by atoms with E-state index in [0.717, 1.165) is 39.2 Å². The fraction of sp³-hybridized carbons (Fsp3) is 0.238. The summed E-state index contributed by atoms with van der Waals surface area (Å²) in [6.07, 6.45) is 0.685. The number of carboxylic acids is 2. The zero-order chi connectivity index (χ0) is 19.5. The molecule has 0 aliphatic heterocycles. The Bertz CT molecular complexity index is 1100. The van der Waals surface area contributed by atoms with Gasteiger partial charge in [-0.3, -0.25) is 0 Å². The topological polar surface area (TPSA) is 106 Å². The van der Waals surface area contributed by atoms with Crippen LogP contribution in [0.4, 0.5) is 0 Å². The van der Waals surface area contributed by atoms with Crippen LogP contribution in [0.1, 0.15) is 67.5 Å². The highest BCUT2D eigenvalue weighted by molar-refractivity contribution is 5.94. The zero-order valence-corrected chi connectivity index (χ0v) is 15.3. The molecule has 1 aromatic carbocycles. The Morgan fingerprint density at radius 2 is 1.56 bits per heavy atom. The van der Waals surface area contributed by atoms with Crippen molar-refractivity contribution in [3.05, 3.63) is 69.3 Å². The zero-order valence-electron chi connectivity index (χ0n) is 15.3. The maximum absolute atomic E-state index is 11.6. The number of rotatable bonds is 4. The number of aromatic nitrogens is 2. The summed E-state index contributed by atoms with van der Waals surface area (Å²) in [5.74, 6) is -2.23. The van der Waals surface area contributed by atoms with E-state index in [4.69, 9.17) is 0 Å². The number of H-pyrrole nitrogens is 2. The van der Waals surface area contributed by atoms with E-state index < -0.39 is 11.9 Å². The highest BCUT2D eigenvalue weighted by atomic mass is 16.4. The van der Waals surface area contributed by atoms with Crippen molar-refractivity contribution in [2.45, 2.75) is 33.1 Å². The highest BCUT2D eigenvalue weighted by Gasteiger charge is 2.37. The third kappa shape index (κ3) is 2.26. The van der Waals surface area contributed by atoms with E-state index in [-0.39, 0.29) is 17.3 Å². The first kappa shape index (κ1) is 17.1. The standard InChI is InChI=1S/C21H20N2O4/c1-4-11-9(2)16(20(24)25)22-18(11)15-13-8-6-5-7-12(13)14-10(3)17(21(26)27)23-19(14)15/h5-8,15,22-23H,4H2,1-3H3,(H,24,25)(H,26,27). The number of nitrogens with one attached hydrogen (secondary N) is 2. The molecule has 0 saturated carbocycles. The number of fused-ring (bicyclic) bond motifs is 3. The molecule has 4 rings (SSSR count). The van der Waals surface area contributed by atoms with Crippen molar-refractivity contribution in [3.8, 4) is 11.1 Å². The molecule has 1 aliphatic rings. The molecule has 0 amide bonds. The minimum Gasteiger partial charge on any atom is -0.477 e. The second-order valence-electron chi connectivity index (χ2n) is 6.92. The van der Waals surface area contributed by atoms with Gasteiger partial charge in [0.1, 0.15) is 11.4 Å². The summed E-state index contributed by atoms with van der Waals surface area (Å²) in [6.45, 7) is 5.61.